The molecule has 0 spiro atoms. The van der Waals surface area contributed by atoms with Crippen LogP contribution in [0.3, 0.4) is 0 Å². The zero-order valence-corrected chi connectivity index (χ0v) is 19.8. The molecule has 4 rings (SSSR count). The fraction of sp³-hybridized carbons (Fsp3) is 0.261. The first-order valence-corrected chi connectivity index (χ1v) is 10.4. The number of rotatable bonds is 9. The summed E-state index contributed by atoms with van der Waals surface area (Å²) in [6, 6.07) is 6.57. The average Bonchev–Trinajstić information content (AvgIpc) is 3.48. The Bertz CT molecular complexity index is 1410. The van der Waals surface area contributed by atoms with Crippen LogP contribution in [0.4, 0.5) is 5.95 Å². The topological polar surface area (TPSA) is 133 Å². The molecule has 0 radical (unpaired) electrons. The molecule has 0 saturated heterocycles. The number of benzene rings is 2. The van der Waals surface area contributed by atoms with Gasteiger partial charge in [-0.2, -0.15) is 5.10 Å². The molecular weight excluding hydrogens is 458 g/mol. The quantitative estimate of drug-likeness (QED) is 0.201. The van der Waals surface area contributed by atoms with Gasteiger partial charge in [0.1, 0.15) is 23.8 Å². The van der Waals surface area contributed by atoms with Crippen molar-refractivity contribution in [1.82, 2.24) is 19.3 Å². The lowest BCUT2D eigenvalue weighted by Crippen LogP contribution is -2.13. The Hall–Kier alpha value is -4.61. The summed E-state index contributed by atoms with van der Waals surface area (Å²) < 4.78 is 24.4. The summed E-state index contributed by atoms with van der Waals surface area (Å²) in [4.78, 5) is 28.2. The lowest BCUT2D eigenvalue weighted by molar-refractivity contribution is -0.396. The van der Waals surface area contributed by atoms with Gasteiger partial charge in [0.2, 0.25) is 11.5 Å². The highest BCUT2D eigenvalue weighted by atomic mass is 16.6. The van der Waals surface area contributed by atoms with Crippen LogP contribution in [0.5, 0.6) is 23.0 Å². The van der Waals surface area contributed by atoms with Crippen molar-refractivity contribution in [1.29, 1.82) is 0 Å². The number of fused-ring (bicyclic) bond motifs is 1. The lowest BCUT2D eigenvalue weighted by Gasteiger charge is -2.13. The first-order chi connectivity index (χ1) is 16.8. The molecule has 35 heavy (non-hydrogen) atoms. The summed E-state index contributed by atoms with van der Waals surface area (Å²) in [6.45, 7) is 1.79. The maximum absolute atomic E-state index is 13.7. The number of carbonyl (C=O) groups excluding carboxylic acids is 1. The van der Waals surface area contributed by atoms with Crippen LogP contribution < -0.4 is 18.9 Å². The van der Waals surface area contributed by atoms with Gasteiger partial charge < -0.3 is 29.1 Å². The molecule has 4 aromatic rings. The lowest BCUT2D eigenvalue weighted by atomic mass is 10.0. The van der Waals surface area contributed by atoms with E-state index in [0.29, 0.717) is 33.9 Å². The molecule has 12 heteroatoms. The molecule has 2 aromatic heterocycles. The summed E-state index contributed by atoms with van der Waals surface area (Å²) in [6.07, 6.45) is 2.81. The van der Waals surface area contributed by atoms with E-state index >= 15 is 0 Å². The van der Waals surface area contributed by atoms with Gasteiger partial charge in [0, 0.05) is 16.5 Å². The van der Waals surface area contributed by atoms with Gasteiger partial charge in [-0.1, -0.05) is 4.98 Å². The van der Waals surface area contributed by atoms with Gasteiger partial charge in [0.25, 0.3) is 0 Å². The van der Waals surface area contributed by atoms with E-state index in [-0.39, 0.29) is 23.9 Å². The van der Waals surface area contributed by atoms with Crippen LogP contribution >= 0.6 is 0 Å². The maximum atomic E-state index is 13.7. The third-order valence-electron chi connectivity index (χ3n) is 5.62. The number of imidazole rings is 1. The molecule has 182 valence electrons. The number of ether oxygens (including phenoxy) is 4. The predicted octanol–water partition coefficient (Wildman–Crippen LogP) is 3.22. The molecule has 12 nitrogen and oxygen atoms in total. The van der Waals surface area contributed by atoms with E-state index in [1.165, 1.54) is 50.1 Å². The largest absolute Gasteiger partial charge is 0.496 e. The van der Waals surface area contributed by atoms with Gasteiger partial charge in [0.05, 0.1) is 34.0 Å². The number of hydrogen-bond acceptors (Lipinski definition) is 9. The fourth-order valence-electron chi connectivity index (χ4n) is 4.00. The van der Waals surface area contributed by atoms with Crippen molar-refractivity contribution >= 4 is 22.6 Å². The molecule has 0 N–H and O–H groups in total. The van der Waals surface area contributed by atoms with Crippen LogP contribution in [0.2, 0.25) is 0 Å². The Labute approximate surface area is 199 Å². The second-order valence-electron chi connectivity index (χ2n) is 7.48. The highest BCUT2D eigenvalue weighted by Crippen LogP contribution is 2.39. The van der Waals surface area contributed by atoms with Crippen LogP contribution in [0.1, 0.15) is 21.6 Å². The summed E-state index contributed by atoms with van der Waals surface area (Å²) >= 11 is 0. The average molecular weight is 481 g/mol. The van der Waals surface area contributed by atoms with Crippen molar-refractivity contribution in [2.24, 2.45) is 0 Å². The first kappa shape index (κ1) is 23.5. The third kappa shape index (κ3) is 3.98. The number of nitro groups is 1. The van der Waals surface area contributed by atoms with E-state index < -0.39 is 10.7 Å². The fourth-order valence-corrected chi connectivity index (χ4v) is 4.00. The van der Waals surface area contributed by atoms with Gasteiger partial charge in [-0.25, -0.2) is 9.25 Å². The molecule has 0 saturated carbocycles. The molecular formula is C23H23N5O7. The number of aromatic nitrogens is 4. The van der Waals surface area contributed by atoms with Crippen molar-refractivity contribution in [3.8, 4) is 23.0 Å². The number of carbonyl (C=O) groups is 1. The van der Waals surface area contributed by atoms with Crippen LogP contribution in [0.15, 0.2) is 36.7 Å². The molecule has 0 aliphatic heterocycles. The Morgan fingerprint density at radius 3 is 2.26 bits per heavy atom. The van der Waals surface area contributed by atoms with E-state index in [1.807, 2.05) is 6.92 Å². The van der Waals surface area contributed by atoms with Crippen molar-refractivity contribution in [3.05, 3.63) is 63.6 Å². The van der Waals surface area contributed by atoms with Gasteiger partial charge in [-0.05, 0) is 36.1 Å². The van der Waals surface area contributed by atoms with E-state index in [1.54, 1.807) is 24.3 Å². The van der Waals surface area contributed by atoms with Gasteiger partial charge in [-0.15, -0.1) is 0 Å². The van der Waals surface area contributed by atoms with E-state index in [0.717, 1.165) is 5.56 Å². The number of hydrogen-bond donors (Lipinski definition) is 0. The highest BCUT2D eigenvalue weighted by molar-refractivity contribution is 6.15. The zero-order valence-electron chi connectivity index (χ0n) is 19.8. The molecule has 0 atom stereocenters. The number of ketones is 1. The van der Waals surface area contributed by atoms with E-state index in [9.17, 15) is 14.9 Å². The minimum atomic E-state index is -0.582. The summed E-state index contributed by atoms with van der Waals surface area (Å²) in [5.41, 5.74) is 1.75. The normalized spacial score (nSPS) is 10.9. The number of nitrogens with zero attached hydrogens (tertiary/aromatic N) is 5. The number of aryl methyl sites for hydroxylation is 1. The molecule has 0 amide bonds. The summed E-state index contributed by atoms with van der Waals surface area (Å²) in [7, 11) is 5.94. The molecule has 0 bridgehead atoms. The van der Waals surface area contributed by atoms with Gasteiger partial charge in [-0.3, -0.25) is 4.79 Å². The minimum absolute atomic E-state index is 0.0383. The zero-order chi connectivity index (χ0) is 25.3. The second kappa shape index (κ2) is 9.33. The molecule has 2 heterocycles. The van der Waals surface area contributed by atoms with Gasteiger partial charge in [0.15, 0.2) is 18.2 Å². The monoisotopic (exact) mass is 481 g/mol. The van der Waals surface area contributed by atoms with Crippen LogP contribution in [0, 0.1) is 17.0 Å². The summed E-state index contributed by atoms with van der Waals surface area (Å²) in [5.74, 6) is 0.863. The maximum Gasteiger partial charge on any atom is 0.436 e. The SMILES string of the molecule is COc1cc(C(=O)c2nn(Cn3ccnc3[N+](=O)[O-])c3c(C)c(OC)ccc23)cc(OC)c1OC. The molecule has 0 aliphatic carbocycles. The van der Waals surface area contributed by atoms with Crippen molar-refractivity contribution in [2.45, 2.75) is 13.6 Å². The molecule has 2 aromatic carbocycles. The molecule has 0 aliphatic rings. The smallest absolute Gasteiger partial charge is 0.436 e. The Morgan fingerprint density at radius 1 is 1.03 bits per heavy atom. The van der Waals surface area contributed by atoms with Crippen molar-refractivity contribution < 1.29 is 28.7 Å². The first-order valence-electron chi connectivity index (χ1n) is 10.4. The Kier molecular flexibility index (Phi) is 6.28. The van der Waals surface area contributed by atoms with E-state index in [4.69, 9.17) is 18.9 Å². The van der Waals surface area contributed by atoms with Crippen molar-refractivity contribution in [3.63, 3.8) is 0 Å². The Balaban J connectivity index is 1.90. The molecule has 0 unspecified atom stereocenters. The van der Waals surface area contributed by atoms with Crippen molar-refractivity contribution in [2.75, 3.05) is 28.4 Å². The number of methoxy groups -OCH3 is 4. The van der Waals surface area contributed by atoms with E-state index in [2.05, 4.69) is 10.1 Å². The predicted molar refractivity (Wildman–Crippen MR) is 125 cm³/mol. The van der Waals surface area contributed by atoms with Crippen LogP contribution in [0.25, 0.3) is 10.9 Å². The van der Waals surface area contributed by atoms with Gasteiger partial charge >= 0.3 is 5.95 Å². The van der Waals surface area contributed by atoms with Crippen LogP contribution in [-0.4, -0.2) is 58.5 Å². The highest BCUT2D eigenvalue weighted by Gasteiger charge is 2.25. The second-order valence-corrected chi connectivity index (χ2v) is 7.48. The van der Waals surface area contributed by atoms with Crippen LogP contribution in [-0.2, 0) is 6.67 Å². The molecule has 0 fully saturated rings. The minimum Gasteiger partial charge on any atom is -0.496 e. The Morgan fingerprint density at radius 2 is 1.69 bits per heavy atom. The standard InChI is InChI=1S/C23H23N5O7/c1-13-16(32-2)7-6-15-19(21(29)14-10-17(33-3)22(35-5)18(11-14)34-4)25-27(20(13)15)12-26-9-8-24-23(26)28(30)31/h6-11H,12H2,1-5H3. The summed E-state index contributed by atoms with van der Waals surface area (Å²) in [5, 5.41) is 16.5. The third-order valence-corrected chi connectivity index (χ3v) is 5.62.